The van der Waals surface area contributed by atoms with Gasteiger partial charge in [-0.25, -0.2) is 14.8 Å². The molecular weight excluding hydrogens is 1010 g/mol. The summed E-state index contributed by atoms with van der Waals surface area (Å²) in [5, 5.41) is 17.7. The van der Waals surface area contributed by atoms with Crippen molar-refractivity contribution in [1.29, 1.82) is 5.26 Å². The first-order chi connectivity index (χ1) is 37.7. The number of ether oxygens (including phenoxy) is 4. The number of hydrogen-bond acceptors (Lipinski definition) is 14. The summed E-state index contributed by atoms with van der Waals surface area (Å²) in [4.78, 5) is 108. The monoisotopic (exact) mass is 1080 g/mol. The van der Waals surface area contributed by atoms with E-state index in [-0.39, 0.29) is 81.6 Å². The lowest BCUT2D eigenvalue weighted by Crippen LogP contribution is -2.46. The van der Waals surface area contributed by atoms with E-state index in [1.54, 1.807) is 77.9 Å². The summed E-state index contributed by atoms with van der Waals surface area (Å²) in [5.74, 6) is -2.81. The lowest BCUT2D eigenvalue weighted by Gasteiger charge is -2.32. The fourth-order valence-corrected chi connectivity index (χ4v) is 10.00. The van der Waals surface area contributed by atoms with E-state index >= 15 is 9.59 Å². The number of nitriles is 1. The van der Waals surface area contributed by atoms with Gasteiger partial charge in [0.15, 0.2) is 23.2 Å². The molecule has 1 saturated carbocycles. The van der Waals surface area contributed by atoms with Gasteiger partial charge in [-0.05, 0) is 139 Å². The van der Waals surface area contributed by atoms with Crippen LogP contribution in [0.15, 0.2) is 60.7 Å². The zero-order valence-corrected chi connectivity index (χ0v) is 47.3. The molecule has 0 radical (unpaired) electrons. The molecule has 2 aliphatic rings. The Morgan fingerprint density at radius 3 is 2.16 bits per heavy atom. The van der Waals surface area contributed by atoms with Crippen LogP contribution in [0.2, 0.25) is 0 Å². The van der Waals surface area contributed by atoms with Crippen molar-refractivity contribution in [3.05, 3.63) is 88.7 Å². The van der Waals surface area contributed by atoms with Gasteiger partial charge in [0, 0.05) is 74.7 Å². The molecule has 79 heavy (non-hydrogen) atoms. The Morgan fingerprint density at radius 2 is 1.52 bits per heavy atom. The van der Waals surface area contributed by atoms with Crippen molar-refractivity contribution >= 4 is 41.2 Å². The molecule has 1 aromatic heterocycles. The van der Waals surface area contributed by atoms with Crippen molar-refractivity contribution in [2.45, 2.75) is 156 Å². The van der Waals surface area contributed by atoms with E-state index in [4.69, 9.17) is 28.9 Å². The third-order valence-electron chi connectivity index (χ3n) is 13.9. The van der Waals surface area contributed by atoms with Crippen molar-refractivity contribution in [2.75, 3.05) is 33.4 Å². The molecule has 6 rings (SSSR count). The maximum Gasteiger partial charge on any atom is 0.407 e. The fraction of sp³-hybridized carbons (Fsp3) is 0.508. The molecule has 4 amide bonds. The zero-order chi connectivity index (χ0) is 57.4. The van der Waals surface area contributed by atoms with Gasteiger partial charge in [-0.15, -0.1) is 0 Å². The lowest BCUT2D eigenvalue weighted by atomic mass is 9.88. The van der Waals surface area contributed by atoms with Crippen LogP contribution in [0.3, 0.4) is 0 Å². The van der Waals surface area contributed by atoms with Crippen molar-refractivity contribution < 1.29 is 52.5 Å². The highest BCUT2D eigenvalue weighted by Gasteiger charge is 2.37. The van der Waals surface area contributed by atoms with Crippen LogP contribution in [0.5, 0.6) is 17.2 Å². The van der Waals surface area contributed by atoms with E-state index in [1.165, 1.54) is 25.3 Å². The number of rotatable bonds is 21. The Morgan fingerprint density at radius 1 is 0.861 bits per heavy atom. The normalized spacial score (nSPS) is 17.2. The number of nitrogens with one attached hydrogen (secondary N) is 3. The number of carbonyl (C=O) groups excluding carboxylic acids is 7. The van der Waals surface area contributed by atoms with Crippen molar-refractivity contribution in [1.82, 2.24) is 30.8 Å². The second kappa shape index (κ2) is 28.3. The second-order valence-electron chi connectivity index (χ2n) is 21.6. The molecule has 0 spiro atoms. The predicted molar refractivity (Wildman–Crippen MR) is 297 cm³/mol. The smallest absolute Gasteiger partial charge is 0.407 e. The number of carbonyl (C=O) groups is 7. The molecule has 0 unspecified atom stereocenters. The molecule has 4 aromatic rings. The molecule has 4 bridgehead atoms. The van der Waals surface area contributed by atoms with Crippen LogP contribution in [-0.4, -0.2) is 107 Å². The van der Waals surface area contributed by atoms with E-state index in [1.807, 2.05) is 37.3 Å². The number of ketones is 3. The molecule has 0 saturated heterocycles. The average molecular weight is 1080 g/mol. The maximum absolute atomic E-state index is 15.2. The largest absolute Gasteiger partial charge is 0.493 e. The van der Waals surface area contributed by atoms with Crippen LogP contribution in [-0.2, 0) is 35.1 Å². The number of aryl methyl sites for hydroxylation is 2. The highest BCUT2D eigenvalue weighted by Crippen LogP contribution is 2.41. The minimum Gasteiger partial charge on any atom is -0.493 e. The first-order valence-electron chi connectivity index (χ1n) is 27.5. The highest BCUT2D eigenvalue weighted by molar-refractivity contribution is 6.01. The third kappa shape index (κ3) is 17.2. The van der Waals surface area contributed by atoms with Gasteiger partial charge in [0.2, 0.25) is 17.7 Å². The minimum absolute atomic E-state index is 0.00977. The van der Waals surface area contributed by atoms with Gasteiger partial charge in [0.05, 0.1) is 48.3 Å². The molecule has 1 aliphatic heterocycles. The van der Waals surface area contributed by atoms with Gasteiger partial charge in [-0.3, -0.25) is 28.8 Å². The highest BCUT2D eigenvalue weighted by atomic mass is 16.6. The van der Waals surface area contributed by atoms with Crippen LogP contribution in [0.1, 0.15) is 151 Å². The number of Topliss-reactive ketones (excluding diaryl/α,β-unsaturated/α-hetero) is 3. The number of aromatic nitrogens is 2. The number of hydrogen-bond donors (Lipinski definition) is 3. The summed E-state index contributed by atoms with van der Waals surface area (Å²) >= 11 is 0. The quantitative estimate of drug-likeness (QED) is 0.0520. The Balaban J connectivity index is 1.38. The van der Waals surface area contributed by atoms with Crippen LogP contribution in [0, 0.1) is 37.0 Å². The molecule has 2 heterocycles. The Labute approximate surface area is 464 Å². The number of fused-ring (bicyclic) bond motifs is 5. The van der Waals surface area contributed by atoms with Gasteiger partial charge >= 0.3 is 6.09 Å². The molecule has 4 atom stereocenters. The molecule has 422 valence electrons. The van der Waals surface area contributed by atoms with Gasteiger partial charge in [0.25, 0.3) is 0 Å². The first-order valence-corrected chi connectivity index (χ1v) is 27.5. The minimum atomic E-state index is -1.33. The molecule has 1 aliphatic carbocycles. The van der Waals surface area contributed by atoms with Gasteiger partial charge in [-0.2, -0.15) is 5.26 Å². The van der Waals surface area contributed by atoms with Gasteiger partial charge in [0.1, 0.15) is 35.5 Å². The van der Waals surface area contributed by atoms with Crippen molar-refractivity contribution in [2.24, 2.45) is 11.8 Å². The number of likely N-dealkylation sites (N-methyl/N-ethyl adjacent to an activating group) is 1. The van der Waals surface area contributed by atoms with E-state index in [0.29, 0.717) is 64.0 Å². The van der Waals surface area contributed by atoms with Gasteiger partial charge < -0.3 is 39.8 Å². The van der Waals surface area contributed by atoms with E-state index < -0.39 is 59.0 Å². The van der Waals surface area contributed by atoms with Crippen LogP contribution in [0.25, 0.3) is 22.5 Å². The van der Waals surface area contributed by atoms with Gasteiger partial charge in [-0.1, -0.05) is 32.4 Å². The second-order valence-corrected chi connectivity index (χ2v) is 21.6. The third-order valence-corrected chi connectivity index (χ3v) is 13.9. The number of amides is 4. The van der Waals surface area contributed by atoms with Crippen LogP contribution >= 0.6 is 0 Å². The molecule has 1 fully saturated rings. The van der Waals surface area contributed by atoms with Crippen LogP contribution < -0.4 is 30.2 Å². The number of nitrogens with zero attached hydrogens (tertiary/aromatic N) is 4. The molecule has 3 aromatic carbocycles. The topological polar surface area (TPSA) is 245 Å². The van der Waals surface area contributed by atoms with E-state index in [9.17, 15) is 29.2 Å². The number of alkyl carbamates (subject to hydrolysis) is 1. The summed E-state index contributed by atoms with van der Waals surface area (Å²) < 4.78 is 24.3. The molecule has 18 nitrogen and oxygen atoms in total. The summed E-state index contributed by atoms with van der Waals surface area (Å²) in [6.45, 7) is 14.0. The maximum atomic E-state index is 15.2. The van der Waals surface area contributed by atoms with Crippen molar-refractivity contribution in [3.8, 4) is 45.8 Å². The Bertz CT molecular complexity index is 2860. The summed E-state index contributed by atoms with van der Waals surface area (Å²) in [7, 11) is 1.48. The first kappa shape index (κ1) is 60.5. The standard InChI is InChI=1S/C61H77N7O11/c1-10-30-76-54-25-21-43-35-48(54)47-33-41(18-24-53(47)77-31-29-64-60(75)79-61(6,7)8)34-49(50(70)17-14-27-62)67-58(73)37(2)32-52(72)56(43)68(9)59(74)44(26-28-63-40(5)69)36-51(71)55-38(3)65-57(66-39(55)4)42-19-22-46(23-20-42)78-45-15-12-11-13-16-45/h18-25,33,35,37,44-45,49,56H,10-17,26,28-32,34,36H2,1-9H3,(H,63,69)(H,64,75)(H,67,73)/t37-,44-,49+,56+/m1/s1. The summed E-state index contributed by atoms with van der Waals surface area (Å²) in [6, 6.07) is 17.6. The predicted octanol–water partition coefficient (Wildman–Crippen LogP) is 9.26. The Hall–Kier alpha value is -7.68. The Kier molecular flexibility index (Phi) is 21.7. The zero-order valence-electron chi connectivity index (χ0n) is 47.3. The fourth-order valence-electron chi connectivity index (χ4n) is 10.00. The molecular formula is C61H77N7O11. The summed E-state index contributed by atoms with van der Waals surface area (Å²) in [5.41, 5.74) is 3.09. The average Bonchev–Trinajstić information content (AvgIpc) is 3.45. The lowest BCUT2D eigenvalue weighted by molar-refractivity contribution is -0.142. The SMILES string of the molecule is CCCOc1ccc2cc1-c1cc(ccc1OCCNC(=O)OC(C)(C)C)C[C@@H](C(=O)CCC#N)NC(=O)[C@H](C)CC(=O)[C@H]2N(C)C(=O)[C@H](CCNC(C)=O)CC(=O)c1c(C)nc(-c2ccc(OC3CCCCC3)cc2)nc1C. The summed E-state index contributed by atoms with van der Waals surface area (Å²) in [6.07, 6.45) is 5.05. The van der Waals surface area contributed by atoms with E-state index in [0.717, 1.165) is 37.0 Å². The molecule has 18 heteroatoms. The van der Waals surface area contributed by atoms with Crippen LogP contribution in [0.4, 0.5) is 4.79 Å². The van der Waals surface area contributed by atoms with E-state index in [2.05, 4.69) is 16.0 Å². The van der Waals surface area contributed by atoms with Crippen molar-refractivity contribution in [3.63, 3.8) is 0 Å². The molecule has 3 N–H and O–H groups in total. The number of benzene rings is 3.